The molecule has 0 aromatic heterocycles. The van der Waals surface area contributed by atoms with Crippen LogP contribution in [0.15, 0.2) is 24.3 Å². The number of carbonyl (C=O) groups is 1. The fourth-order valence-corrected chi connectivity index (χ4v) is 1.72. The number of rotatable bonds is 9. The first-order chi connectivity index (χ1) is 9.17. The number of carboxylic acids is 1. The summed E-state index contributed by atoms with van der Waals surface area (Å²) in [5.41, 5.74) is 1.39. The van der Waals surface area contributed by atoms with Gasteiger partial charge in [-0.1, -0.05) is 12.1 Å². The molecule has 1 aromatic carbocycles. The number of nitrogens with zero attached hydrogens (tertiary/aromatic N) is 1. The fraction of sp³-hybridized carbons (Fsp3) is 0.500. The Morgan fingerprint density at radius 3 is 2.05 bits per heavy atom. The summed E-state index contributed by atoms with van der Waals surface area (Å²) in [6.07, 6.45) is 0. The molecule has 106 valence electrons. The van der Waals surface area contributed by atoms with Crippen molar-refractivity contribution in [3.8, 4) is 0 Å². The molecule has 0 aliphatic carbocycles. The fourth-order valence-electron chi connectivity index (χ4n) is 1.72. The summed E-state index contributed by atoms with van der Waals surface area (Å²) in [5.74, 6) is -0.901. The molecular weight excluding hydrogens is 246 g/mol. The molecule has 0 radical (unpaired) electrons. The van der Waals surface area contributed by atoms with Crippen molar-refractivity contribution in [2.24, 2.45) is 0 Å². The maximum Gasteiger partial charge on any atom is 0.335 e. The maximum atomic E-state index is 10.8. The van der Waals surface area contributed by atoms with E-state index in [0.717, 1.165) is 25.2 Å². The number of hydrogen-bond acceptors (Lipinski definition) is 4. The highest BCUT2D eigenvalue weighted by Gasteiger charge is 2.07. The van der Waals surface area contributed by atoms with Gasteiger partial charge in [0.25, 0.3) is 0 Å². The Hall–Kier alpha value is -1.43. The van der Waals surface area contributed by atoms with Crippen LogP contribution in [0.3, 0.4) is 0 Å². The molecular formula is C14H21NO4. The molecule has 0 saturated heterocycles. The lowest BCUT2D eigenvalue weighted by atomic mass is 10.1. The van der Waals surface area contributed by atoms with Crippen molar-refractivity contribution in [1.82, 2.24) is 4.90 Å². The van der Waals surface area contributed by atoms with Gasteiger partial charge in [0.1, 0.15) is 0 Å². The van der Waals surface area contributed by atoms with Crippen molar-refractivity contribution < 1.29 is 19.4 Å². The van der Waals surface area contributed by atoms with Crippen LogP contribution in [0.4, 0.5) is 0 Å². The number of methoxy groups -OCH3 is 2. The van der Waals surface area contributed by atoms with Gasteiger partial charge < -0.3 is 14.6 Å². The van der Waals surface area contributed by atoms with E-state index in [1.807, 2.05) is 12.1 Å². The first kappa shape index (κ1) is 15.6. The molecule has 0 saturated carbocycles. The van der Waals surface area contributed by atoms with E-state index >= 15 is 0 Å². The van der Waals surface area contributed by atoms with Gasteiger partial charge in [0, 0.05) is 33.9 Å². The highest BCUT2D eigenvalue weighted by molar-refractivity contribution is 5.87. The Morgan fingerprint density at radius 1 is 1.11 bits per heavy atom. The summed E-state index contributed by atoms with van der Waals surface area (Å²) < 4.78 is 10.2. The highest BCUT2D eigenvalue weighted by atomic mass is 16.5. The summed E-state index contributed by atoms with van der Waals surface area (Å²) in [6, 6.07) is 6.94. The first-order valence-corrected chi connectivity index (χ1v) is 6.20. The smallest absolute Gasteiger partial charge is 0.335 e. The number of carboxylic acid groups (broad SMARTS) is 1. The van der Waals surface area contributed by atoms with Crippen molar-refractivity contribution in [2.45, 2.75) is 6.54 Å². The van der Waals surface area contributed by atoms with Crippen LogP contribution in [0.2, 0.25) is 0 Å². The van der Waals surface area contributed by atoms with E-state index in [4.69, 9.17) is 14.6 Å². The molecule has 5 nitrogen and oxygen atoms in total. The summed E-state index contributed by atoms with van der Waals surface area (Å²) in [5, 5.41) is 8.85. The van der Waals surface area contributed by atoms with Gasteiger partial charge in [-0.25, -0.2) is 4.79 Å². The Labute approximate surface area is 113 Å². The number of hydrogen-bond donors (Lipinski definition) is 1. The second kappa shape index (κ2) is 8.63. The summed E-state index contributed by atoms with van der Waals surface area (Å²) in [7, 11) is 3.35. The molecule has 1 aromatic rings. The van der Waals surface area contributed by atoms with E-state index in [1.54, 1.807) is 26.4 Å². The second-order valence-electron chi connectivity index (χ2n) is 4.26. The molecule has 0 unspecified atom stereocenters. The quantitative estimate of drug-likeness (QED) is 0.734. The van der Waals surface area contributed by atoms with Gasteiger partial charge in [0.2, 0.25) is 0 Å². The van der Waals surface area contributed by atoms with E-state index in [1.165, 1.54) is 0 Å². The molecule has 5 heteroatoms. The zero-order valence-electron chi connectivity index (χ0n) is 11.5. The Kier molecular flexibility index (Phi) is 7.10. The van der Waals surface area contributed by atoms with E-state index in [9.17, 15) is 4.79 Å². The van der Waals surface area contributed by atoms with Gasteiger partial charge in [0.05, 0.1) is 18.8 Å². The van der Waals surface area contributed by atoms with E-state index in [0.29, 0.717) is 18.8 Å². The normalized spacial score (nSPS) is 10.9. The molecule has 1 rings (SSSR count). The van der Waals surface area contributed by atoms with E-state index in [2.05, 4.69) is 4.90 Å². The minimum Gasteiger partial charge on any atom is -0.478 e. The predicted octanol–water partition coefficient (Wildman–Crippen LogP) is 1.48. The van der Waals surface area contributed by atoms with Crippen LogP contribution in [0, 0.1) is 0 Å². The molecule has 1 N–H and O–H groups in total. The van der Waals surface area contributed by atoms with Gasteiger partial charge in [-0.2, -0.15) is 0 Å². The van der Waals surface area contributed by atoms with Gasteiger partial charge in [-0.05, 0) is 17.7 Å². The second-order valence-corrected chi connectivity index (χ2v) is 4.26. The monoisotopic (exact) mass is 267 g/mol. The van der Waals surface area contributed by atoms with Crippen LogP contribution >= 0.6 is 0 Å². The summed E-state index contributed by atoms with van der Waals surface area (Å²) in [6.45, 7) is 3.72. The molecule has 0 aliphatic rings. The lowest BCUT2D eigenvalue weighted by molar-refractivity contribution is 0.0697. The minimum absolute atomic E-state index is 0.309. The summed E-state index contributed by atoms with van der Waals surface area (Å²) in [4.78, 5) is 13.0. The molecule has 0 spiro atoms. The van der Waals surface area contributed by atoms with Crippen molar-refractivity contribution in [1.29, 1.82) is 0 Å². The SMILES string of the molecule is COCCN(CCOC)Cc1ccc(C(=O)O)cc1. The third kappa shape index (κ3) is 5.83. The van der Waals surface area contributed by atoms with Crippen LogP contribution in [0.1, 0.15) is 15.9 Å². The maximum absolute atomic E-state index is 10.8. The van der Waals surface area contributed by atoms with Gasteiger partial charge in [0.15, 0.2) is 0 Å². The average Bonchev–Trinajstić information content (AvgIpc) is 2.42. The zero-order chi connectivity index (χ0) is 14.1. The lowest BCUT2D eigenvalue weighted by Gasteiger charge is -2.21. The van der Waals surface area contributed by atoms with Crippen molar-refractivity contribution >= 4 is 5.97 Å². The van der Waals surface area contributed by atoms with E-state index < -0.39 is 5.97 Å². The van der Waals surface area contributed by atoms with Crippen LogP contribution in [0.5, 0.6) is 0 Å². The van der Waals surface area contributed by atoms with Crippen molar-refractivity contribution in [3.05, 3.63) is 35.4 Å². The zero-order valence-corrected chi connectivity index (χ0v) is 11.5. The minimum atomic E-state index is -0.901. The molecule has 0 amide bonds. The number of benzene rings is 1. The Balaban J connectivity index is 2.58. The van der Waals surface area contributed by atoms with Gasteiger partial charge in [-0.15, -0.1) is 0 Å². The Bertz CT molecular complexity index is 370. The molecule has 0 atom stereocenters. The van der Waals surface area contributed by atoms with Crippen molar-refractivity contribution in [2.75, 3.05) is 40.5 Å². The van der Waals surface area contributed by atoms with Crippen LogP contribution in [-0.2, 0) is 16.0 Å². The highest BCUT2D eigenvalue weighted by Crippen LogP contribution is 2.07. The van der Waals surface area contributed by atoms with Gasteiger partial charge >= 0.3 is 5.97 Å². The van der Waals surface area contributed by atoms with Crippen LogP contribution in [0.25, 0.3) is 0 Å². The van der Waals surface area contributed by atoms with Crippen molar-refractivity contribution in [3.63, 3.8) is 0 Å². The number of aromatic carboxylic acids is 1. The topological polar surface area (TPSA) is 59.0 Å². The predicted molar refractivity (Wildman–Crippen MR) is 72.4 cm³/mol. The molecule has 0 aliphatic heterocycles. The lowest BCUT2D eigenvalue weighted by Crippen LogP contribution is -2.30. The summed E-state index contributed by atoms with van der Waals surface area (Å²) >= 11 is 0. The van der Waals surface area contributed by atoms with Gasteiger partial charge in [-0.3, -0.25) is 4.90 Å². The largest absolute Gasteiger partial charge is 0.478 e. The third-order valence-corrected chi connectivity index (χ3v) is 2.83. The standard InChI is InChI=1S/C14H21NO4/c1-18-9-7-15(8-10-19-2)11-12-3-5-13(6-4-12)14(16)17/h3-6H,7-11H2,1-2H3,(H,16,17). The first-order valence-electron chi connectivity index (χ1n) is 6.20. The Morgan fingerprint density at radius 2 is 1.63 bits per heavy atom. The molecule has 0 heterocycles. The molecule has 0 bridgehead atoms. The molecule has 19 heavy (non-hydrogen) atoms. The van der Waals surface area contributed by atoms with Crippen LogP contribution < -0.4 is 0 Å². The molecule has 0 fully saturated rings. The number of ether oxygens (including phenoxy) is 2. The average molecular weight is 267 g/mol. The van der Waals surface area contributed by atoms with E-state index in [-0.39, 0.29) is 0 Å². The third-order valence-electron chi connectivity index (χ3n) is 2.83. The van der Waals surface area contributed by atoms with Crippen LogP contribution in [-0.4, -0.2) is 56.5 Å².